The number of carbonyl (C=O) groups excluding carboxylic acids is 1. The summed E-state index contributed by atoms with van der Waals surface area (Å²) in [5, 5.41) is 13.7. The van der Waals surface area contributed by atoms with Gasteiger partial charge in [-0.15, -0.1) is 0 Å². The van der Waals surface area contributed by atoms with Crippen LogP contribution in [0.1, 0.15) is 44.2 Å². The van der Waals surface area contributed by atoms with Crippen LogP contribution in [0.3, 0.4) is 0 Å². The Labute approximate surface area is 142 Å². The number of rotatable bonds is 4. The molecule has 0 saturated heterocycles. The molecule has 2 aromatic carbocycles. The van der Waals surface area contributed by atoms with Crippen molar-refractivity contribution in [3.8, 4) is 5.75 Å². The zero-order valence-electron chi connectivity index (χ0n) is 13.6. The van der Waals surface area contributed by atoms with Gasteiger partial charge < -0.3 is 10.4 Å². The molecule has 23 heavy (non-hydrogen) atoms. The van der Waals surface area contributed by atoms with Crippen molar-refractivity contribution in [3.63, 3.8) is 0 Å². The van der Waals surface area contributed by atoms with Crippen molar-refractivity contribution in [3.05, 3.63) is 64.7 Å². The van der Waals surface area contributed by atoms with Gasteiger partial charge in [-0.1, -0.05) is 41.9 Å². The highest BCUT2D eigenvalue weighted by Gasteiger charge is 2.23. The van der Waals surface area contributed by atoms with Gasteiger partial charge >= 0.3 is 0 Å². The van der Waals surface area contributed by atoms with E-state index in [4.69, 9.17) is 11.6 Å². The maximum Gasteiger partial charge on any atom is 0.221 e. The van der Waals surface area contributed by atoms with E-state index < -0.39 is 0 Å². The van der Waals surface area contributed by atoms with Gasteiger partial charge in [0.25, 0.3) is 0 Å². The molecule has 4 heteroatoms. The summed E-state index contributed by atoms with van der Waals surface area (Å²) in [4.78, 5) is 12.4. The van der Waals surface area contributed by atoms with E-state index in [2.05, 4.69) is 5.32 Å². The number of carbonyl (C=O) groups is 1. The van der Waals surface area contributed by atoms with E-state index in [-0.39, 0.29) is 29.5 Å². The van der Waals surface area contributed by atoms with Crippen molar-refractivity contribution >= 4 is 17.5 Å². The highest BCUT2D eigenvalue weighted by atomic mass is 35.5. The van der Waals surface area contributed by atoms with E-state index >= 15 is 0 Å². The maximum atomic E-state index is 12.4. The molecule has 1 atom stereocenters. The van der Waals surface area contributed by atoms with E-state index in [1.54, 1.807) is 18.2 Å². The number of nitrogens with one attached hydrogen (secondary N) is 1. The first-order valence-electron chi connectivity index (χ1n) is 7.60. The molecular formula is C19H22ClNO2. The Morgan fingerprint density at radius 1 is 1.17 bits per heavy atom. The summed E-state index contributed by atoms with van der Waals surface area (Å²) in [6, 6.07) is 14.6. The lowest BCUT2D eigenvalue weighted by Gasteiger charge is -2.24. The van der Waals surface area contributed by atoms with Gasteiger partial charge in [-0.2, -0.15) is 0 Å². The van der Waals surface area contributed by atoms with Gasteiger partial charge in [0.1, 0.15) is 5.75 Å². The third-order valence-corrected chi connectivity index (χ3v) is 3.71. The van der Waals surface area contributed by atoms with Crippen LogP contribution in [0, 0.1) is 0 Å². The van der Waals surface area contributed by atoms with E-state index in [0.717, 1.165) is 5.56 Å². The molecule has 0 radical (unpaired) electrons. The first-order chi connectivity index (χ1) is 10.8. The van der Waals surface area contributed by atoms with Crippen molar-refractivity contribution in [2.24, 2.45) is 0 Å². The summed E-state index contributed by atoms with van der Waals surface area (Å²) in [6.45, 7) is 5.83. The number of phenolic OH excluding ortho intramolecular Hbond substituents is 1. The average Bonchev–Trinajstić information content (AvgIpc) is 2.47. The Hall–Kier alpha value is -2.00. The molecular weight excluding hydrogens is 310 g/mol. The summed E-state index contributed by atoms with van der Waals surface area (Å²) in [5.41, 5.74) is 1.33. The Morgan fingerprint density at radius 2 is 1.83 bits per heavy atom. The summed E-state index contributed by atoms with van der Waals surface area (Å²) in [7, 11) is 0. The lowest BCUT2D eigenvalue weighted by Crippen LogP contribution is -2.41. The largest absolute Gasteiger partial charge is 0.508 e. The number of hydrogen-bond donors (Lipinski definition) is 2. The Balaban J connectivity index is 2.37. The van der Waals surface area contributed by atoms with Gasteiger partial charge in [-0.25, -0.2) is 0 Å². The monoisotopic (exact) mass is 331 g/mol. The molecule has 2 rings (SSSR count). The predicted molar refractivity (Wildman–Crippen MR) is 93.9 cm³/mol. The molecule has 3 nitrogen and oxygen atoms in total. The predicted octanol–water partition coefficient (Wildman–Crippen LogP) is 4.48. The number of hydrogen-bond acceptors (Lipinski definition) is 2. The Kier molecular flexibility index (Phi) is 5.32. The van der Waals surface area contributed by atoms with Crippen LogP contribution in [0.4, 0.5) is 0 Å². The first-order valence-corrected chi connectivity index (χ1v) is 7.98. The molecule has 2 aromatic rings. The van der Waals surface area contributed by atoms with E-state index in [1.807, 2.05) is 51.1 Å². The van der Waals surface area contributed by atoms with Gasteiger partial charge in [0, 0.05) is 28.5 Å². The second-order valence-electron chi connectivity index (χ2n) is 6.67. The molecule has 1 amide bonds. The number of amides is 1. The minimum Gasteiger partial charge on any atom is -0.508 e. The summed E-state index contributed by atoms with van der Waals surface area (Å²) in [5.74, 6) is -0.171. The quantitative estimate of drug-likeness (QED) is 0.867. The van der Waals surface area contributed by atoms with Gasteiger partial charge in [0.2, 0.25) is 5.91 Å². The molecule has 0 unspecified atom stereocenters. The van der Waals surface area contributed by atoms with Gasteiger partial charge in [-0.3, -0.25) is 4.79 Å². The van der Waals surface area contributed by atoms with Crippen molar-refractivity contribution in [2.45, 2.75) is 38.6 Å². The van der Waals surface area contributed by atoms with Crippen molar-refractivity contribution in [2.75, 3.05) is 0 Å². The highest BCUT2D eigenvalue weighted by molar-refractivity contribution is 6.30. The van der Waals surface area contributed by atoms with Crippen molar-refractivity contribution in [1.29, 1.82) is 0 Å². The third kappa shape index (κ3) is 5.00. The topological polar surface area (TPSA) is 49.3 Å². The fourth-order valence-electron chi connectivity index (χ4n) is 2.55. The molecule has 0 saturated carbocycles. The standard InChI is InChI=1S/C19H22ClNO2/c1-19(2,3)21-18(23)12-15(13-7-5-4-6-8-13)16-11-14(20)9-10-17(16)22/h4-11,15,22H,12H2,1-3H3,(H,21,23)/t15-/m0/s1. The molecule has 0 spiro atoms. The maximum absolute atomic E-state index is 12.4. The molecule has 122 valence electrons. The molecule has 0 aliphatic rings. The van der Waals surface area contributed by atoms with Gasteiger partial charge in [0.15, 0.2) is 0 Å². The molecule has 0 heterocycles. The van der Waals surface area contributed by atoms with Crippen LogP contribution in [0.15, 0.2) is 48.5 Å². The lowest BCUT2D eigenvalue weighted by atomic mass is 9.87. The fraction of sp³-hybridized carbons (Fsp3) is 0.316. The van der Waals surface area contributed by atoms with Crippen LogP contribution < -0.4 is 5.32 Å². The van der Waals surface area contributed by atoms with Gasteiger partial charge in [0.05, 0.1) is 0 Å². The Morgan fingerprint density at radius 3 is 2.43 bits per heavy atom. The van der Waals surface area contributed by atoms with E-state index in [0.29, 0.717) is 10.6 Å². The van der Waals surface area contributed by atoms with E-state index in [9.17, 15) is 9.90 Å². The highest BCUT2D eigenvalue weighted by Crippen LogP contribution is 2.35. The normalized spacial score (nSPS) is 12.7. The van der Waals surface area contributed by atoms with Crippen LogP contribution in [0.2, 0.25) is 5.02 Å². The van der Waals surface area contributed by atoms with Gasteiger partial charge in [-0.05, 0) is 44.5 Å². The molecule has 0 aliphatic carbocycles. The molecule has 0 aromatic heterocycles. The zero-order chi connectivity index (χ0) is 17.0. The molecule has 0 aliphatic heterocycles. The minimum atomic E-state index is -0.297. The number of phenols is 1. The summed E-state index contributed by atoms with van der Waals surface area (Å²) in [6.07, 6.45) is 0.245. The Bertz CT molecular complexity index is 678. The molecule has 0 bridgehead atoms. The second-order valence-corrected chi connectivity index (χ2v) is 7.11. The number of benzene rings is 2. The number of aromatic hydroxyl groups is 1. The zero-order valence-corrected chi connectivity index (χ0v) is 14.4. The van der Waals surface area contributed by atoms with E-state index in [1.165, 1.54) is 0 Å². The third-order valence-electron chi connectivity index (χ3n) is 3.47. The van der Waals surface area contributed by atoms with Crippen LogP contribution in [-0.2, 0) is 4.79 Å². The second kappa shape index (κ2) is 7.05. The van der Waals surface area contributed by atoms with Crippen LogP contribution in [0.25, 0.3) is 0 Å². The summed E-state index contributed by atoms with van der Waals surface area (Å²) < 4.78 is 0. The summed E-state index contributed by atoms with van der Waals surface area (Å²) >= 11 is 6.08. The van der Waals surface area contributed by atoms with Crippen molar-refractivity contribution in [1.82, 2.24) is 5.32 Å². The average molecular weight is 332 g/mol. The fourth-order valence-corrected chi connectivity index (χ4v) is 2.73. The minimum absolute atomic E-state index is 0.0641. The SMILES string of the molecule is CC(C)(C)NC(=O)C[C@@H](c1ccccc1)c1cc(Cl)ccc1O. The van der Waals surface area contributed by atoms with Crippen LogP contribution in [0.5, 0.6) is 5.75 Å². The van der Waals surface area contributed by atoms with Crippen LogP contribution in [-0.4, -0.2) is 16.6 Å². The van der Waals surface area contributed by atoms with Crippen molar-refractivity contribution < 1.29 is 9.90 Å². The number of halogens is 1. The first kappa shape index (κ1) is 17.4. The molecule has 0 fully saturated rings. The van der Waals surface area contributed by atoms with Crippen LogP contribution >= 0.6 is 11.6 Å². The smallest absolute Gasteiger partial charge is 0.221 e. The molecule has 2 N–H and O–H groups in total. The lowest BCUT2D eigenvalue weighted by molar-refractivity contribution is -0.122.